The highest BCUT2D eigenvalue weighted by Gasteiger charge is 2.20. The summed E-state index contributed by atoms with van der Waals surface area (Å²) >= 11 is 0. The predicted molar refractivity (Wildman–Crippen MR) is 85.6 cm³/mol. The van der Waals surface area contributed by atoms with Crippen molar-refractivity contribution < 1.29 is 9.66 Å². The van der Waals surface area contributed by atoms with Crippen molar-refractivity contribution in [3.63, 3.8) is 0 Å². The summed E-state index contributed by atoms with van der Waals surface area (Å²) in [7, 11) is 0. The monoisotopic (exact) mass is 314 g/mol. The van der Waals surface area contributed by atoms with Gasteiger partial charge in [0.15, 0.2) is 5.82 Å². The maximum absolute atomic E-state index is 10.9. The van der Waals surface area contributed by atoms with E-state index in [-0.39, 0.29) is 16.7 Å². The number of ether oxygens (including phenoxy) is 1. The third kappa shape index (κ3) is 3.39. The van der Waals surface area contributed by atoms with Gasteiger partial charge in [-0.3, -0.25) is 15.1 Å². The average molecular weight is 314 g/mol. The Balaban J connectivity index is 1.84. The van der Waals surface area contributed by atoms with Crippen molar-refractivity contribution in [2.24, 2.45) is 0 Å². The molecule has 0 amide bonds. The molecule has 1 aromatic carbocycles. The van der Waals surface area contributed by atoms with Crippen molar-refractivity contribution in [2.45, 2.75) is 32.9 Å². The average Bonchev–Trinajstić information content (AvgIpc) is 2.53. The van der Waals surface area contributed by atoms with Gasteiger partial charge in [0, 0.05) is 25.2 Å². The molecule has 0 N–H and O–H groups in total. The molecular weight excluding hydrogens is 296 g/mol. The molecule has 1 aliphatic heterocycles. The number of nitro benzene ring substituents is 1. The number of nitro groups is 1. The van der Waals surface area contributed by atoms with E-state index in [1.54, 1.807) is 24.5 Å². The summed E-state index contributed by atoms with van der Waals surface area (Å²) in [6, 6.07) is 5.05. The van der Waals surface area contributed by atoms with E-state index in [0.717, 1.165) is 29.9 Å². The second kappa shape index (κ2) is 6.20. The third-order valence-electron chi connectivity index (χ3n) is 3.69. The number of fused-ring (bicyclic) bond motifs is 1. The molecule has 0 atom stereocenters. The first-order chi connectivity index (χ1) is 11.0. The van der Waals surface area contributed by atoms with Crippen molar-refractivity contribution in [1.29, 1.82) is 0 Å². The Bertz CT molecular complexity index is 733. The SMILES string of the molecule is CC(C)Oc1cncc(N2CCc3ccc([N+](=O)[O-])cc3C2)n1. The number of aromatic nitrogens is 2. The molecule has 0 fully saturated rings. The third-order valence-corrected chi connectivity index (χ3v) is 3.69. The lowest BCUT2D eigenvalue weighted by Gasteiger charge is -2.29. The van der Waals surface area contributed by atoms with Crippen molar-refractivity contribution in [3.05, 3.63) is 51.8 Å². The lowest BCUT2D eigenvalue weighted by molar-refractivity contribution is -0.384. The van der Waals surface area contributed by atoms with Crippen LogP contribution in [0.5, 0.6) is 5.88 Å². The van der Waals surface area contributed by atoms with Crippen LogP contribution < -0.4 is 9.64 Å². The molecule has 1 aliphatic rings. The Kier molecular flexibility index (Phi) is 4.10. The number of hydrogen-bond acceptors (Lipinski definition) is 6. The first-order valence-corrected chi connectivity index (χ1v) is 7.53. The molecule has 0 radical (unpaired) electrons. The smallest absolute Gasteiger partial charge is 0.269 e. The standard InChI is InChI=1S/C16H18N4O3/c1-11(2)23-16-9-17-8-15(18-16)19-6-5-12-3-4-14(20(21)22)7-13(12)10-19/h3-4,7-9,11H,5-6,10H2,1-2H3. The quantitative estimate of drug-likeness (QED) is 0.637. The van der Waals surface area contributed by atoms with Gasteiger partial charge in [-0.25, -0.2) is 0 Å². The Morgan fingerprint density at radius 2 is 2.13 bits per heavy atom. The number of nitrogens with zero attached hydrogens (tertiary/aromatic N) is 4. The van der Waals surface area contributed by atoms with Crippen LogP contribution in [0, 0.1) is 10.1 Å². The summed E-state index contributed by atoms with van der Waals surface area (Å²) < 4.78 is 5.58. The van der Waals surface area contributed by atoms with E-state index in [1.165, 1.54) is 0 Å². The van der Waals surface area contributed by atoms with Gasteiger partial charge in [-0.05, 0) is 31.4 Å². The zero-order chi connectivity index (χ0) is 16.4. The summed E-state index contributed by atoms with van der Waals surface area (Å²) in [6.45, 7) is 5.25. The Labute approximate surface area is 134 Å². The zero-order valence-electron chi connectivity index (χ0n) is 13.1. The lowest BCUT2D eigenvalue weighted by Crippen LogP contribution is -2.31. The first-order valence-electron chi connectivity index (χ1n) is 7.53. The summed E-state index contributed by atoms with van der Waals surface area (Å²) in [5.74, 6) is 1.21. The number of anilines is 1. The van der Waals surface area contributed by atoms with Gasteiger partial charge in [0.1, 0.15) is 0 Å². The van der Waals surface area contributed by atoms with Gasteiger partial charge in [-0.1, -0.05) is 6.07 Å². The van der Waals surface area contributed by atoms with E-state index in [4.69, 9.17) is 4.74 Å². The van der Waals surface area contributed by atoms with Gasteiger partial charge in [0.25, 0.3) is 5.69 Å². The van der Waals surface area contributed by atoms with E-state index in [1.807, 2.05) is 19.9 Å². The molecule has 0 aliphatic carbocycles. The Hall–Kier alpha value is -2.70. The molecule has 0 unspecified atom stereocenters. The van der Waals surface area contributed by atoms with Gasteiger partial charge in [0.05, 0.1) is 23.4 Å². The number of rotatable bonds is 4. The minimum Gasteiger partial charge on any atom is -0.474 e. The van der Waals surface area contributed by atoms with Gasteiger partial charge in [-0.2, -0.15) is 4.98 Å². The zero-order valence-corrected chi connectivity index (χ0v) is 13.1. The van der Waals surface area contributed by atoms with Crippen LogP contribution in [0.2, 0.25) is 0 Å². The van der Waals surface area contributed by atoms with E-state index in [2.05, 4.69) is 14.9 Å². The van der Waals surface area contributed by atoms with Crippen LogP contribution in [-0.2, 0) is 13.0 Å². The molecule has 0 spiro atoms. The minimum atomic E-state index is -0.365. The van der Waals surface area contributed by atoms with Crippen LogP contribution in [0.25, 0.3) is 0 Å². The summed E-state index contributed by atoms with van der Waals surface area (Å²) in [6.07, 6.45) is 4.13. The van der Waals surface area contributed by atoms with E-state index >= 15 is 0 Å². The molecule has 7 heteroatoms. The highest BCUT2D eigenvalue weighted by Crippen LogP contribution is 2.26. The topological polar surface area (TPSA) is 81.4 Å². The molecule has 1 aromatic heterocycles. The van der Waals surface area contributed by atoms with Gasteiger partial charge >= 0.3 is 0 Å². The summed E-state index contributed by atoms with van der Waals surface area (Å²) in [4.78, 5) is 21.3. The number of benzene rings is 1. The van der Waals surface area contributed by atoms with Crippen LogP contribution >= 0.6 is 0 Å². The predicted octanol–water partition coefficient (Wildman–Crippen LogP) is 2.73. The highest BCUT2D eigenvalue weighted by atomic mass is 16.6. The largest absolute Gasteiger partial charge is 0.474 e. The van der Waals surface area contributed by atoms with Crippen LogP contribution in [0.1, 0.15) is 25.0 Å². The first kappa shape index (κ1) is 15.2. The molecule has 120 valence electrons. The lowest BCUT2D eigenvalue weighted by atomic mass is 9.99. The molecule has 7 nitrogen and oxygen atoms in total. The minimum absolute atomic E-state index is 0.0317. The van der Waals surface area contributed by atoms with Crippen molar-refractivity contribution in [1.82, 2.24) is 9.97 Å². The highest BCUT2D eigenvalue weighted by molar-refractivity contribution is 5.47. The van der Waals surface area contributed by atoms with Crippen molar-refractivity contribution >= 4 is 11.5 Å². The van der Waals surface area contributed by atoms with E-state index < -0.39 is 0 Å². The van der Waals surface area contributed by atoms with Gasteiger partial charge in [-0.15, -0.1) is 0 Å². The van der Waals surface area contributed by atoms with Crippen LogP contribution in [0.4, 0.5) is 11.5 Å². The maximum Gasteiger partial charge on any atom is 0.269 e. The van der Waals surface area contributed by atoms with Gasteiger partial charge < -0.3 is 9.64 Å². The fourth-order valence-electron chi connectivity index (χ4n) is 2.64. The molecule has 3 rings (SSSR count). The normalized spacial score (nSPS) is 13.8. The molecular formula is C16H18N4O3. The number of hydrogen-bond donors (Lipinski definition) is 0. The Morgan fingerprint density at radius 3 is 2.87 bits per heavy atom. The van der Waals surface area contributed by atoms with E-state index in [9.17, 15) is 10.1 Å². The fourth-order valence-corrected chi connectivity index (χ4v) is 2.64. The van der Waals surface area contributed by atoms with Crippen LogP contribution in [-0.4, -0.2) is 27.5 Å². The maximum atomic E-state index is 10.9. The van der Waals surface area contributed by atoms with Crippen LogP contribution in [0.3, 0.4) is 0 Å². The number of non-ortho nitro benzene ring substituents is 1. The fraction of sp³-hybridized carbons (Fsp3) is 0.375. The second-order valence-electron chi connectivity index (χ2n) is 5.76. The van der Waals surface area contributed by atoms with Gasteiger partial charge in [0.2, 0.25) is 5.88 Å². The molecule has 0 saturated carbocycles. The van der Waals surface area contributed by atoms with Crippen molar-refractivity contribution in [3.8, 4) is 5.88 Å². The van der Waals surface area contributed by atoms with E-state index in [0.29, 0.717) is 12.4 Å². The summed E-state index contributed by atoms with van der Waals surface area (Å²) in [5.41, 5.74) is 2.23. The molecule has 2 heterocycles. The Morgan fingerprint density at radius 1 is 1.30 bits per heavy atom. The molecule has 23 heavy (non-hydrogen) atoms. The molecule has 2 aromatic rings. The summed E-state index contributed by atoms with van der Waals surface area (Å²) in [5, 5.41) is 10.9. The second-order valence-corrected chi connectivity index (χ2v) is 5.76. The van der Waals surface area contributed by atoms with Crippen LogP contribution in [0.15, 0.2) is 30.6 Å². The molecule has 0 bridgehead atoms. The molecule has 0 saturated heterocycles. The van der Waals surface area contributed by atoms with Crippen molar-refractivity contribution in [2.75, 3.05) is 11.4 Å².